The van der Waals surface area contributed by atoms with E-state index < -0.39 is 39.8 Å². The number of halogens is 6. The van der Waals surface area contributed by atoms with Gasteiger partial charge in [-0.1, -0.05) is 0 Å². The first-order valence-corrected chi connectivity index (χ1v) is 6.19. The van der Waals surface area contributed by atoms with Crippen LogP contribution in [0.1, 0.15) is 11.1 Å². The number of hydrogen-bond donors (Lipinski definition) is 0. The third kappa shape index (κ3) is 3.94. The molecule has 0 aliphatic heterocycles. The van der Waals surface area contributed by atoms with Gasteiger partial charge in [-0.15, -0.1) is 0 Å². The first kappa shape index (κ1) is 17.6. The third-order valence-electron chi connectivity index (χ3n) is 2.89. The molecule has 10 heteroatoms. The summed E-state index contributed by atoms with van der Waals surface area (Å²) in [6.45, 7) is 0. The molecule has 0 saturated carbocycles. The van der Waals surface area contributed by atoms with Crippen molar-refractivity contribution in [3.05, 3.63) is 63.7 Å². The van der Waals surface area contributed by atoms with Crippen LogP contribution in [0.3, 0.4) is 0 Å². The average molecular weight is 351 g/mol. The summed E-state index contributed by atoms with van der Waals surface area (Å²) in [7, 11) is 0. The molecule has 0 aromatic heterocycles. The van der Waals surface area contributed by atoms with E-state index in [0.717, 1.165) is 18.2 Å². The second kappa shape index (κ2) is 6.02. The summed E-state index contributed by atoms with van der Waals surface area (Å²) < 4.78 is 80.1. The number of hydrogen-bond acceptors (Lipinski definition) is 3. The molecular weight excluding hydrogens is 344 g/mol. The van der Waals surface area contributed by atoms with Crippen LogP contribution >= 0.6 is 0 Å². The van der Waals surface area contributed by atoms with Gasteiger partial charge in [0.05, 0.1) is 16.1 Å². The number of nitro groups is 1. The molecule has 0 aliphatic rings. The summed E-state index contributed by atoms with van der Waals surface area (Å²) in [5.74, 6) is -0.710. The topological polar surface area (TPSA) is 52.4 Å². The zero-order valence-electron chi connectivity index (χ0n) is 11.5. The first-order chi connectivity index (χ1) is 11.0. The largest absolute Gasteiger partial charge is 0.450 e. The Balaban J connectivity index is 2.34. The van der Waals surface area contributed by atoms with Gasteiger partial charge in [-0.25, -0.2) is 0 Å². The molecule has 0 bridgehead atoms. The van der Waals surface area contributed by atoms with E-state index in [1.165, 1.54) is 0 Å². The highest BCUT2D eigenvalue weighted by Gasteiger charge is 2.33. The van der Waals surface area contributed by atoms with Crippen molar-refractivity contribution in [1.82, 2.24) is 0 Å². The van der Waals surface area contributed by atoms with Crippen molar-refractivity contribution in [2.24, 2.45) is 0 Å². The maximum Gasteiger partial charge on any atom is 0.416 e. The molecule has 2 rings (SSSR count). The van der Waals surface area contributed by atoms with Gasteiger partial charge in [-0.3, -0.25) is 10.1 Å². The number of alkyl halides is 6. The van der Waals surface area contributed by atoms with Crippen LogP contribution in [0.2, 0.25) is 0 Å². The van der Waals surface area contributed by atoms with Crippen LogP contribution in [-0.4, -0.2) is 4.92 Å². The normalized spacial score (nSPS) is 12.1. The summed E-state index contributed by atoms with van der Waals surface area (Å²) in [5, 5.41) is 10.9. The van der Waals surface area contributed by atoms with E-state index in [1.807, 2.05) is 0 Å². The van der Waals surface area contributed by atoms with Gasteiger partial charge < -0.3 is 4.74 Å². The van der Waals surface area contributed by atoms with Crippen LogP contribution in [-0.2, 0) is 12.4 Å². The van der Waals surface area contributed by atoms with Crippen LogP contribution in [0.4, 0.5) is 32.0 Å². The van der Waals surface area contributed by atoms with E-state index in [9.17, 15) is 36.5 Å². The molecule has 0 saturated heterocycles. The van der Waals surface area contributed by atoms with E-state index in [-0.39, 0.29) is 5.75 Å². The first-order valence-electron chi connectivity index (χ1n) is 6.19. The van der Waals surface area contributed by atoms with Crippen molar-refractivity contribution in [3.63, 3.8) is 0 Å². The molecule has 0 amide bonds. The minimum atomic E-state index is -4.78. The Bertz CT molecular complexity index is 753. The molecule has 0 radical (unpaired) electrons. The zero-order valence-corrected chi connectivity index (χ0v) is 11.5. The molecule has 24 heavy (non-hydrogen) atoms. The predicted molar refractivity (Wildman–Crippen MR) is 69.6 cm³/mol. The summed E-state index contributed by atoms with van der Waals surface area (Å²) in [4.78, 5) is 9.81. The molecule has 0 N–H and O–H groups in total. The lowest BCUT2D eigenvalue weighted by Crippen LogP contribution is -2.06. The quantitative estimate of drug-likeness (QED) is 0.421. The molecule has 0 atom stereocenters. The molecule has 2 aromatic carbocycles. The highest BCUT2D eigenvalue weighted by Crippen LogP contribution is 2.38. The molecule has 128 valence electrons. The highest BCUT2D eigenvalue weighted by molar-refractivity contribution is 5.51. The lowest BCUT2D eigenvalue weighted by molar-refractivity contribution is -0.385. The summed E-state index contributed by atoms with van der Waals surface area (Å²) >= 11 is 0. The lowest BCUT2D eigenvalue weighted by Gasteiger charge is -2.11. The van der Waals surface area contributed by atoms with Crippen LogP contribution in [0.25, 0.3) is 0 Å². The standard InChI is InChI=1S/C14H7F6NO3/c15-13(16,17)8-1-4-10(5-2-8)24-12-6-3-9(14(18,19)20)7-11(12)21(22)23/h1-7H. The van der Waals surface area contributed by atoms with Crippen molar-refractivity contribution in [3.8, 4) is 11.5 Å². The van der Waals surface area contributed by atoms with Crippen LogP contribution in [0.5, 0.6) is 11.5 Å². The summed E-state index contributed by atoms with van der Waals surface area (Å²) in [6, 6.07) is 4.79. The van der Waals surface area contributed by atoms with Crippen molar-refractivity contribution in [1.29, 1.82) is 0 Å². The van der Waals surface area contributed by atoms with Gasteiger partial charge >= 0.3 is 18.0 Å². The number of benzene rings is 2. The van der Waals surface area contributed by atoms with Crippen LogP contribution in [0.15, 0.2) is 42.5 Å². The molecule has 0 unspecified atom stereocenters. The summed E-state index contributed by atoms with van der Waals surface area (Å²) in [6.07, 6.45) is -9.35. The van der Waals surface area contributed by atoms with Gasteiger partial charge in [0.25, 0.3) is 0 Å². The Labute approximate surface area is 130 Å². The molecule has 2 aromatic rings. The van der Waals surface area contributed by atoms with Crippen molar-refractivity contribution in [2.45, 2.75) is 12.4 Å². The second-order valence-corrected chi connectivity index (χ2v) is 4.56. The lowest BCUT2D eigenvalue weighted by atomic mass is 10.1. The monoisotopic (exact) mass is 351 g/mol. The number of ether oxygens (including phenoxy) is 1. The van der Waals surface area contributed by atoms with E-state index in [2.05, 4.69) is 0 Å². The van der Waals surface area contributed by atoms with Gasteiger partial charge in [-0.2, -0.15) is 26.3 Å². The van der Waals surface area contributed by atoms with Crippen molar-refractivity contribution >= 4 is 5.69 Å². The van der Waals surface area contributed by atoms with Crippen molar-refractivity contribution < 1.29 is 36.0 Å². The average Bonchev–Trinajstić information content (AvgIpc) is 2.46. The number of rotatable bonds is 3. The minimum absolute atomic E-state index is 0.189. The Hall–Kier alpha value is -2.78. The van der Waals surface area contributed by atoms with E-state index >= 15 is 0 Å². The summed E-state index contributed by atoms with van der Waals surface area (Å²) in [5.41, 5.74) is -3.16. The number of nitro benzene ring substituents is 1. The van der Waals surface area contributed by atoms with Gasteiger partial charge in [0, 0.05) is 6.07 Å². The Morgan fingerprint density at radius 3 is 1.79 bits per heavy atom. The van der Waals surface area contributed by atoms with Gasteiger partial charge in [0.2, 0.25) is 5.75 Å². The Kier molecular flexibility index (Phi) is 4.41. The fourth-order valence-electron chi connectivity index (χ4n) is 1.76. The smallest absolute Gasteiger partial charge is 0.416 e. The van der Waals surface area contributed by atoms with E-state index in [4.69, 9.17) is 4.74 Å². The van der Waals surface area contributed by atoms with Crippen molar-refractivity contribution in [2.75, 3.05) is 0 Å². The fourth-order valence-corrected chi connectivity index (χ4v) is 1.76. The molecular formula is C14H7F6NO3. The highest BCUT2D eigenvalue weighted by atomic mass is 19.4. The SMILES string of the molecule is O=[N+]([O-])c1cc(C(F)(F)F)ccc1Oc1ccc(C(F)(F)F)cc1. The Morgan fingerprint density at radius 2 is 1.33 bits per heavy atom. The second-order valence-electron chi connectivity index (χ2n) is 4.56. The van der Waals surface area contributed by atoms with E-state index in [1.54, 1.807) is 0 Å². The minimum Gasteiger partial charge on any atom is -0.450 e. The molecule has 0 fully saturated rings. The molecule has 0 aliphatic carbocycles. The third-order valence-corrected chi connectivity index (χ3v) is 2.89. The number of nitrogens with zero attached hydrogens (tertiary/aromatic N) is 1. The molecule has 4 nitrogen and oxygen atoms in total. The van der Waals surface area contributed by atoms with Crippen LogP contribution in [0, 0.1) is 10.1 Å². The predicted octanol–water partition coefficient (Wildman–Crippen LogP) is 5.42. The fraction of sp³-hybridized carbons (Fsp3) is 0.143. The van der Waals surface area contributed by atoms with Gasteiger partial charge in [0.1, 0.15) is 5.75 Å². The van der Waals surface area contributed by atoms with E-state index in [0.29, 0.717) is 24.3 Å². The van der Waals surface area contributed by atoms with Crippen LogP contribution < -0.4 is 4.74 Å². The molecule has 0 spiro atoms. The maximum absolute atomic E-state index is 12.6. The molecule has 0 heterocycles. The maximum atomic E-state index is 12.6. The Morgan fingerprint density at radius 1 is 0.833 bits per heavy atom. The zero-order chi connectivity index (χ0) is 18.1. The van der Waals surface area contributed by atoms with Gasteiger partial charge in [-0.05, 0) is 36.4 Å². The van der Waals surface area contributed by atoms with Gasteiger partial charge in [0.15, 0.2) is 0 Å².